The van der Waals surface area contributed by atoms with E-state index in [0.29, 0.717) is 33.2 Å². The highest BCUT2D eigenvalue weighted by Gasteiger charge is 2.33. The number of methoxy groups -OCH3 is 1. The predicted octanol–water partition coefficient (Wildman–Crippen LogP) is 6.43. The monoisotopic (exact) mass is 530 g/mol. The van der Waals surface area contributed by atoms with Crippen LogP contribution in [-0.4, -0.2) is 33.4 Å². The maximum absolute atomic E-state index is 14.2. The molecule has 3 aromatic rings. The van der Waals surface area contributed by atoms with Gasteiger partial charge in [-0.1, -0.05) is 48.8 Å². The van der Waals surface area contributed by atoms with E-state index in [4.69, 9.17) is 26.2 Å². The number of ether oxygens (including phenoxy) is 2. The smallest absolute Gasteiger partial charge is 0.227 e. The summed E-state index contributed by atoms with van der Waals surface area (Å²) in [6.45, 7) is 5.48. The van der Waals surface area contributed by atoms with Crippen LogP contribution in [-0.2, 0) is 11.4 Å². The molecule has 2 aromatic carbocycles. The molecule has 7 nitrogen and oxygen atoms in total. The lowest BCUT2D eigenvalue weighted by Crippen LogP contribution is -2.27. The average Bonchev–Trinajstić information content (AvgIpc) is 3.25. The summed E-state index contributed by atoms with van der Waals surface area (Å²) in [7, 11) is 1.53. The first-order valence-corrected chi connectivity index (χ1v) is 13.0. The fourth-order valence-electron chi connectivity index (χ4n) is 4.06. The van der Waals surface area contributed by atoms with Gasteiger partial charge in [-0.15, -0.1) is 5.10 Å². The second-order valence-corrected chi connectivity index (χ2v) is 9.86. The van der Waals surface area contributed by atoms with Gasteiger partial charge in [0.25, 0.3) is 0 Å². The molecule has 1 N–H and O–H groups in total. The maximum atomic E-state index is 14.2. The molecule has 0 radical (unpaired) electrons. The van der Waals surface area contributed by atoms with Crippen molar-refractivity contribution in [2.24, 2.45) is 0 Å². The number of unbranched alkanes of at least 4 members (excludes halogenated alkanes) is 1. The van der Waals surface area contributed by atoms with E-state index < -0.39 is 11.9 Å². The molecule has 1 unspecified atom stereocenters. The van der Waals surface area contributed by atoms with Gasteiger partial charge in [0.1, 0.15) is 18.5 Å². The molecule has 190 valence electrons. The third-order valence-corrected chi connectivity index (χ3v) is 7.16. The van der Waals surface area contributed by atoms with Crippen LogP contribution >= 0.6 is 23.4 Å². The van der Waals surface area contributed by atoms with E-state index in [-0.39, 0.29) is 18.0 Å². The van der Waals surface area contributed by atoms with Gasteiger partial charge in [0.15, 0.2) is 17.3 Å². The lowest BCUT2D eigenvalue weighted by atomic mass is 9.93. The summed E-state index contributed by atoms with van der Waals surface area (Å²) in [6, 6.07) is 9.40. The molecule has 1 aromatic heterocycles. The van der Waals surface area contributed by atoms with Gasteiger partial charge in [-0.05, 0) is 50.1 Å². The van der Waals surface area contributed by atoms with Crippen molar-refractivity contribution >= 4 is 35.1 Å². The second-order valence-electron chi connectivity index (χ2n) is 8.39. The van der Waals surface area contributed by atoms with Gasteiger partial charge in [0.2, 0.25) is 11.1 Å². The number of rotatable bonds is 10. The molecule has 2 heterocycles. The number of aromatic nitrogens is 3. The van der Waals surface area contributed by atoms with Crippen LogP contribution in [0.25, 0.3) is 0 Å². The first kappa shape index (κ1) is 26.0. The normalized spacial score (nSPS) is 14.9. The number of nitrogens with zero attached hydrogens (tertiary/aromatic N) is 3. The number of thioether (sulfide) groups is 1. The molecular formula is C26H28ClFN4O3S. The van der Waals surface area contributed by atoms with E-state index in [1.165, 1.54) is 13.2 Å². The predicted molar refractivity (Wildman–Crippen MR) is 140 cm³/mol. The number of halogens is 2. The van der Waals surface area contributed by atoms with Crippen LogP contribution < -0.4 is 14.8 Å². The van der Waals surface area contributed by atoms with Crippen molar-refractivity contribution in [3.05, 3.63) is 69.6 Å². The number of benzene rings is 2. The van der Waals surface area contributed by atoms with Crippen LogP contribution in [0.1, 0.15) is 50.8 Å². The van der Waals surface area contributed by atoms with Crippen molar-refractivity contribution < 1.29 is 18.7 Å². The van der Waals surface area contributed by atoms with Crippen molar-refractivity contribution in [2.45, 2.75) is 51.4 Å². The molecule has 0 amide bonds. The summed E-state index contributed by atoms with van der Waals surface area (Å²) < 4.78 is 27.4. The summed E-state index contributed by atoms with van der Waals surface area (Å²) in [5.41, 5.74) is 2.37. The molecule has 1 aliphatic rings. The Hall–Kier alpha value is -3.04. The molecule has 0 fully saturated rings. The fourth-order valence-corrected chi connectivity index (χ4v) is 5.19. The largest absolute Gasteiger partial charge is 0.493 e. The minimum absolute atomic E-state index is 0.0577. The van der Waals surface area contributed by atoms with Crippen LogP contribution in [0, 0.1) is 5.82 Å². The van der Waals surface area contributed by atoms with Gasteiger partial charge < -0.3 is 14.8 Å². The SMILES string of the molecule is CCCCSc1nc2n(n1)C(c1ccc(OCc3c(F)cccc3Cl)c(OC)c1)C(C(C)=O)=C(C)N2. The number of Topliss-reactive ketones (excluding diaryl/α,β-unsaturated/α-hetero) is 1. The number of carbonyl (C=O) groups is 1. The van der Waals surface area contributed by atoms with Crippen molar-refractivity contribution in [2.75, 3.05) is 18.2 Å². The zero-order chi connectivity index (χ0) is 25.8. The van der Waals surface area contributed by atoms with E-state index in [1.807, 2.05) is 13.0 Å². The van der Waals surface area contributed by atoms with Crippen LogP contribution in [0.15, 0.2) is 52.8 Å². The average molecular weight is 531 g/mol. The zero-order valence-corrected chi connectivity index (χ0v) is 22.2. The molecule has 1 aliphatic heterocycles. The number of carbonyl (C=O) groups excluding carboxylic acids is 1. The molecular weight excluding hydrogens is 503 g/mol. The Morgan fingerprint density at radius 1 is 1.28 bits per heavy atom. The van der Waals surface area contributed by atoms with Crippen molar-refractivity contribution in [1.82, 2.24) is 14.8 Å². The van der Waals surface area contributed by atoms with Gasteiger partial charge in [-0.25, -0.2) is 9.07 Å². The van der Waals surface area contributed by atoms with Crippen molar-refractivity contribution in [3.63, 3.8) is 0 Å². The fraction of sp³-hybridized carbons (Fsp3) is 0.346. The Bertz CT molecular complexity index is 1290. The first-order valence-electron chi connectivity index (χ1n) is 11.7. The number of nitrogens with one attached hydrogen (secondary N) is 1. The topological polar surface area (TPSA) is 78.3 Å². The minimum atomic E-state index is -0.490. The van der Waals surface area contributed by atoms with Gasteiger partial charge in [0.05, 0.1) is 12.1 Å². The van der Waals surface area contributed by atoms with E-state index >= 15 is 0 Å². The molecule has 1 atom stereocenters. The quantitative estimate of drug-likeness (QED) is 0.239. The molecule has 0 spiro atoms. The summed E-state index contributed by atoms with van der Waals surface area (Å²) in [5.74, 6) is 1.86. The Morgan fingerprint density at radius 2 is 2.08 bits per heavy atom. The lowest BCUT2D eigenvalue weighted by molar-refractivity contribution is -0.114. The van der Waals surface area contributed by atoms with Gasteiger partial charge in [0, 0.05) is 22.6 Å². The van der Waals surface area contributed by atoms with Crippen LogP contribution in [0.4, 0.5) is 10.3 Å². The molecule has 0 saturated carbocycles. The van der Waals surface area contributed by atoms with E-state index in [0.717, 1.165) is 29.9 Å². The molecule has 0 saturated heterocycles. The number of hydrogen-bond donors (Lipinski definition) is 1. The third-order valence-electron chi connectivity index (χ3n) is 5.88. The molecule has 0 bridgehead atoms. The summed E-state index contributed by atoms with van der Waals surface area (Å²) in [6.07, 6.45) is 2.16. The number of allylic oxidation sites excluding steroid dienone is 2. The standard InChI is InChI=1S/C26H28ClFN4O3S/c1-5-6-12-36-26-30-25-29-15(2)23(16(3)33)24(32(25)31-26)17-10-11-21(22(13-17)34-4)35-14-18-19(27)8-7-9-20(18)28/h7-11,13,24H,5-6,12,14H2,1-4H3,(H,29,30,31). The number of fused-ring (bicyclic) bond motifs is 1. The van der Waals surface area contributed by atoms with Crippen LogP contribution in [0.3, 0.4) is 0 Å². The van der Waals surface area contributed by atoms with Crippen LogP contribution in [0.5, 0.6) is 11.5 Å². The van der Waals surface area contributed by atoms with Gasteiger partial charge >= 0.3 is 0 Å². The van der Waals surface area contributed by atoms with Crippen molar-refractivity contribution in [3.8, 4) is 11.5 Å². The van der Waals surface area contributed by atoms with Gasteiger partial charge in [-0.2, -0.15) is 4.98 Å². The molecule has 0 aliphatic carbocycles. The Balaban J connectivity index is 1.68. The number of anilines is 1. The van der Waals surface area contributed by atoms with E-state index in [9.17, 15) is 9.18 Å². The van der Waals surface area contributed by atoms with Crippen LogP contribution in [0.2, 0.25) is 5.02 Å². The van der Waals surface area contributed by atoms with E-state index in [1.54, 1.807) is 47.6 Å². The second kappa shape index (κ2) is 11.3. The number of ketones is 1. The Morgan fingerprint density at radius 3 is 2.78 bits per heavy atom. The highest BCUT2D eigenvalue weighted by Crippen LogP contribution is 2.40. The maximum Gasteiger partial charge on any atom is 0.227 e. The lowest BCUT2D eigenvalue weighted by Gasteiger charge is -2.28. The summed E-state index contributed by atoms with van der Waals surface area (Å²) in [4.78, 5) is 17.3. The molecule has 10 heteroatoms. The highest BCUT2D eigenvalue weighted by molar-refractivity contribution is 7.99. The summed E-state index contributed by atoms with van der Waals surface area (Å²) in [5, 5.41) is 8.88. The zero-order valence-electron chi connectivity index (χ0n) is 20.6. The Kier molecular flexibility index (Phi) is 8.21. The highest BCUT2D eigenvalue weighted by atomic mass is 35.5. The Labute approximate surface area is 219 Å². The summed E-state index contributed by atoms with van der Waals surface area (Å²) >= 11 is 7.72. The minimum Gasteiger partial charge on any atom is -0.493 e. The molecule has 4 rings (SSSR count). The third kappa shape index (κ3) is 5.37. The molecule has 36 heavy (non-hydrogen) atoms. The number of hydrogen-bond acceptors (Lipinski definition) is 7. The van der Waals surface area contributed by atoms with Gasteiger partial charge in [-0.3, -0.25) is 4.79 Å². The van der Waals surface area contributed by atoms with Crippen molar-refractivity contribution in [1.29, 1.82) is 0 Å². The first-order chi connectivity index (χ1) is 17.3. The van der Waals surface area contributed by atoms with E-state index in [2.05, 4.69) is 17.2 Å².